The molecule has 0 fully saturated rings. The van der Waals surface area contributed by atoms with E-state index < -0.39 is 6.04 Å². The number of nitrogens with one attached hydrogen (secondary N) is 1. The van der Waals surface area contributed by atoms with Gasteiger partial charge in [0.15, 0.2) is 0 Å². The van der Waals surface area contributed by atoms with Crippen LogP contribution in [0.25, 0.3) is 10.8 Å². The quantitative estimate of drug-likeness (QED) is 0.597. The number of hydrogen-bond acceptors (Lipinski definition) is 3. The highest BCUT2D eigenvalue weighted by molar-refractivity contribution is 6.26. The van der Waals surface area contributed by atoms with Crippen LogP contribution in [-0.2, 0) is 16.0 Å². The Balaban J connectivity index is 1.57. The molecule has 164 valence electrons. The molecular formula is C26H27N3O3. The van der Waals surface area contributed by atoms with Crippen molar-refractivity contribution in [2.75, 3.05) is 24.5 Å². The molecule has 32 heavy (non-hydrogen) atoms. The smallest absolute Gasteiger partial charge is 0.259 e. The highest BCUT2D eigenvalue weighted by atomic mass is 16.2. The maximum atomic E-state index is 13.4. The molecule has 6 nitrogen and oxygen atoms in total. The van der Waals surface area contributed by atoms with Crippen LogP contribution in [0.5, 0.6) is 0 Å². The summed E-state index contributed by atoms with van der Waals surface area (Å²) in [7, 11) is 0. The first-order valence-corrected chi connectivity index (χ1v) is 11.0. The van der Waals surface area contributed by atoms with Crippen molar-refractivity contribution < 1.29 is 14.4 Å². The van der Waals surface area contributed by atoms with E-state index in [1.807, 2.05) is 67.6 Å². The molecular weight excluding hydrogens is 402 g/mol. The number of anilines is 1. The van der Waals surface area contributed by atoms with Gasteiger partial charge < -0.3 is 10.2 Å². The Bertz CT molecular complexity index is 1150. The number of likely N-dealkylation sites (N-methyl/N-ethyl adjacent to an activating group) is 1. The van der Waals surface area contributed by atoms with Gasteiger partial charge in [-0.3, -0.25) is 19.3 Å². The summed E-state index contributed by atoms with van der Waals surface area (Å²) >= 11 is 0. The molecule has 0 aromatic heterocycles. The minimum absolute atomic E-state index is 0.106. The number of rotatable bonds is 8. The Kier molecular flexibility index (Phi) is 6.21. The molecule has 1 atom stereocenters. The zero-order valence-electron chi connectivity index (χ0n) is 18.4. The van der Waals surface area contributed by atoms with Crippen molar-refractivity contribution in [1.82, 2.24) is 10.2 Å². The molecule has 0 spiro atoms. The number of nitrogens with zero attached hydrogens (tertiary/aromatic N) is 2. The third-order valence-corrected chi connectivity index (χ3v) is 5.94. The van der Waals surface area contributed by atoms with E-state index in [0.29, 0.717) is 25.1 Å². The minimum Gasteiger partial charge on any atom is -0.355 e. The molecule has 0 saturated heterocycles. The molecule has 1 heterocycles. The Labute approximate surface area is 187 Å². The van der Waals surface area contributed by atoms with E-state index in [1.54, 1.807) is 17.9 Å². The fourth-order valence-electron chi connectivity index (χ4n) is 4.25. The van der Waals surface area contributed by atoms with Gasteiger partial charge in [0, 0.05) is 24.0 Å². The molecule has 3 aromatic rings. The summed E-state index contributed by atoms with van der Waals surface area (Å²) in [6.07, 6.45) is 0.625. The molecule has 0 radical (unpaired) electrons. The van der Waals surface area contributed by atoms with E-state index in [9.17, 15) is 14.4 Å². The largest absolute Gasteiger partial charge is 0.355 e. The maximum absolute atomic E-state index is 13.4. The Morgan fingerprint density at radius 2 is 1.72 bits per heavy atom. The SMILES string of the molecule is CCNC(=O)C(C)N(CCc1ccccc1)C(=O)CN1C(=O)c2cccc3cccc1c23. The average molecular weight is 430 g/mol. The van der Waals surface area contributed by atoms with E-state index >= 15 is 0 Å². The first kappa shape index (κ1) is 21.6. The van der Waals surface area contributed by atoms with Crippen LogP contribution in [0.1, 0.15) is 29.8 Å². The standard InChI is InChI=1S/C26H27N3O3/c1-3-27-25(31)18(2)28(16-15-19-9-5-4-6-10-19)23(30)17-29-22-14-8-12-20-11-7-13-21(24(20)22)26(29)32/h4-14,18H,3,15-17H2,1-2H3,(H,27,31). The van der Waals surface area contributed by atoms with Crippen molar-refractivity contribution in [3.8, 4) is 0 Å². The van der Waals surface area contributed by atoms with Gasteiger partial charge in [0.2, 0.25) is 11.8 Å². The van der Waals surface area contributed by atoms with E-state index in [4.69, 9.17) is 0 Å². The Morgan fingerprint density at radius 1 is 1.00 bits per heavy atom. The number of benzene rings is 3. The summed E-state index contributed by atoms with van der Waals surface area (Å²) in [5.74, 6) is -0.635. The van der Waals surface area contributed by atoms with E-state index in [1.165, 1.54) is 4.90 Å². The maximum Gasteiger partial charge on any atom is 0.259 e. The third-order valence-electron chi connectivity index (χ3n) is 5.94. The van der Waals surface area contributed by atoms with Gasteiger partial charge in [0.05, 0.1) is 5.69 Å². The van der Waals surface area contributed by atoms with Gasteiger partial charge in [-0.05, 0) is 43.4 Å². The lowest BCUT2D eigenvalue weighted by molar-refractivity contribution is -0.138. The van der Waals surface area contributed by atoms with Gasteiger partial charge in [-0.1, -0.05) is 54.6 Å². The first-order valence-electron chi connectivity index (χ1n) is 11.0. The van der Waals surface area contributed by atoms with Gasteiger partial charge in [0.1, 0.15) is 12.6 Å². The second-order valence-electron chi connectivity index (χ2n) is 7.97. The van der Waals surface area contributed by atoms with Crippen LogP contribution in [-0.4, -0.2) is 48.3 Å². The number of carbonyl (C=O) groups excluding carboxylic acids is 3. The van der Waals surface area contributed by atoms with Crippen LogP contribution in [0.4, 0.5) is 5.69 Å². The molecule has 1 N–H and O–H groups in total. The first-order chi connectivity index (χ1) is 15.5. The third kappa shape index (κ3) is 4.08. The minimum atomic E-state index is -0.637. The summed E-state index contributed by atoms with van der Waals surface area (Å²) < 4.78 is 0. The van der Waals surface area contributed by atoms with Crippen LogP contribution in [0.15, 0.2) is 66.7 Å². The van der Waals surface area contributed by atoms with Gasteiger partial charge in [0.25, 0.3) is 5.91 Å². The highest BCUT2D eigenvalue weighted by Crippen LogP contribution is 2.37. The van der Waals surface area contributed by atoms with Crippen molar-refractivity contribution in [2.45, 2.75) is 26.3 Å². The molecule has 1 aliphatic rings. The predicted molar refractivity (Wildman–Crippen MR) is 126 cm³/mol. The topological polar surface area (TPSA) is 69.7 Å². The lowest BCUT2D eigenvalue weighted by atomic mass is 10.1. The van der Waals surface area contributed by atoms with E-state index in [-0.39, 0.29) is 24.3 Å². The van der Waals surface area contributed by atoms with Crippen molar-refractivity contribution >= 4 is 34.2 Å². The Hall–Kier alpha value is -3.67. The molecule has 0 saturated carbocycles. The van der Waals surface area contributed by atoms with Crippen LogP contribution in [0, 0.1) is 0 Å². The van der Waals surface area contributed by atoms with Crippen molar-refractivity contribution in [3.05, 3.63) is 77.9 Å². The molecule has 0 bridgehead atoms. The average Bonchev–Trinajstić information content (AvgIpc) is 3.08. The van der Waals surface area contributed by atoms with Crippen molar-refractivity contribution in [1.29, 1.82) is 0 Å². The highest BCUT2D eigenvalue weighted by Gasteiger charge is 2.34. The fourth-order valence-corrected chi connectivity index (χ4v) is 4.25. The number of carbonyl (C=O) groups is 3. The molecule has 3 aromatic carbocycles. The summed E-state index contributed by atoms with van der Waals surface area (Å²) in [6.45, 7) is 4.36. The van der Waals surface area contributed by atoms with Gasteiger partial charge in [-0.25, -0.2) is 0 Å². The second kappa shape index (κ2) is 9.22. The number of amides is 3. The van der Waals surface area contributed by atoms with Crippen LogP contribution < -0.4 is 10.2 Å². The molecule has 4 rings (SSSR count). The summed E-state index contributed by atoms with van der Waals surface area (Å²) in [6, 6.07) is 20.6. The second-order valence-corrected chi connectivity index (χ2v) is 7.97. The van der Waals surface area contributed by atoms with Crippen molar-refractivity contribution in [2.24, 2.45) is 0 Å². The normalized spacial score (nSPS) is 13.3. The molecule has 6 heteroatoms. The number of hydrogen-bond donors (Lipinski definition) is 1. The zero-order chi connectivity index (χ0) is 22.7. The van der Waals surface area contributed by atoms with Crippen LogP contribution in [0.3, 0.4) is 0 Å². The summed E-state index contributed by atoms with van der Waals surface area (Å²) in [5.41, 5.74) is 2.44. The summed E-state index contributed by atoms with van der Waals surface area (Å²) in [5, 5.41) is 4.65. The van der Waals surface area contributed by atoms with Crippen LogP contribution >= 0.6 is 0 Å². The lowest BCUT2D eigenvalue weighted by Gasteiger charge is -2.30. The van der Waals surface area contributed by atoms with Crippen molar-refractivity contribution in [3.63, 3.8) is 0 Å². The summed E-state index contributed by atoms with van der Waals surface area (Å²) in [4.78, 5) is 42.2. The lowest BCUT2D eigenvalue weighted by Crippen LogP contribution is -2.52. The molecule has 3 amide bonds. The molecule has 1 unspecified atom stereocenters. The van der Waals surface area contributed by atoms with Gasteiger partial charge >= 0.3 is 0 Å². The molecule has 0 aliphatic carbocycles. The van der Waals surface area contributed by atoms with Gasteiger partial charge in [-0.2, -0.15) is 0 Å². The van der Waals surface area contributed by atoms with E-state index in [0.717, 1.165) is 22.0 Å². The fraction of sp³-hybridized carbons (Fsp3) is 0.269. The zero-order valence-corrected chi connectivity index (χ0v) is 18.4. The predicted octanol–water partition coefficient (Wildman–Crippen LogP) is 3.40. The Morgan fingerprint density at radius 3 is 2.44 bits per heavy atom. The molecule has 1 aliphatic heterocycles. The van der Waals surface area contributed by atoms with Gasteiger partial charge in [-0.15, -0.1) is 0 Å². The van der Waals surface area contributed by atoms with E-state index in [2.05, 4.69) is 5.32 Å². The monoisotopic (exact) mass is 429 g/mol. The van der Waals surface area contributed by atoms with Crippen LogP contribution in [0.2, 0.25) is 0 Å².